The topological polar surface area (TPSA) is 39.4 Å². The fourth-order valence-electron chi connectivity index (χ4n) is 1.44. The number of hydrogen-bond acceptors (Lipinski definition) is 3. The summed E-state index contributed by atoms with van der Waals surface area (Å²) in [5, 5.41) is 0.379. The molecule has 0 fully saturated rings. The first-order valence-electron chi connectivity index (χ1n) is 4.53. The van der Waals surface area contributed by atoms with Gasteiger partial charge in [0.2, 0.25) is 0 Å². The van der Waals surface area contributed by atoms with Crippen LogP contribution in [0.15, 0.2) is 22.8 Å². The largest absolute Gasteiger partial charge is 0.469 e. The molecule has 0 unspecified atom stereocenters. The van der Waals surface area contributed by atoms with Gasteiger partial charge in [0, 0.05) is 17.0 Å². The Morgan fingerprint density at radius 1 is 1.38 bits per heavy atom. The van der Waals surface area contributed by atoms with Gasteiger partial charge in [-0.05, 0) is 6.07 Å². The molecule has 0 aliphatic carbocycles. The molecule has 5 heteroatoms. The van der Waals surface area contributed by atoms with E-state index in [0.29, 0.717) is 10.9 Å². The Morgan fingerprint density at radius 3 is 2.75 bits per heavy atom. The van der Waals surface area contributed by atoms with Gasteiger partial charge >= 0.3 is 5.97 Å². The van der Waals surface area contributed by atoms with Crippen LogP contribution in [0.5, 0.6) is 0 Å². The molecule has 3 nitrogen and oxygen atoms in total. The van der Waals surface area contributed by atoms with E-state index in [0.717, 1.165) is 12.1 Å². The minimum atomic E-state index is -0.980. The molecule has 1 aromatic carbocycles. The second kappa shape index (κ2) is 3.92. The van der Waals surface area contributed by atoms with Gasteiger partial charge in [-0.15, -0.1) is 0 Å². The summed E-state index contributed by atoms with van der Waals surface area (Å²) in [5.41, 5.74) is 0.679. The van der Waals surface area contributed by atoms with Crippen molar-refractivity contribution in [1.29, 1.82) is 0 Å². The van der Waals surface area contributed by atoms with E-state index in [1.54, 1.807) is 0 Å². The predicted octanol–water partition coefficient (Wildman–Crippen LogP) is 2.43. The summed E-state index contributed by atoms with van der Waals surface area (Å²) in [5.74, 6) is -2.42. The van der Waals surface area contributed by atoms with Gasteiger partial charge < -0.3 is 9.15 Å². The lowest BCUT2D eigenvalue weighted by Gasteiger charge is -1.97. The maximum atomic E-state index is 13.0. The summed E-state index contributed by atoms with van der Waals surface area (Å²) in [6.45, 7) is 0. The molecule has 0 aliphatic heterocycles. The van der Waals surface area contributed by atoms with Gasteiger partial charge in [0.05, 0.1) is 19.8 Å². The van der Waals surface area contributed by atoms with Crippen molar-refractivity contribution in [2.75, 3.05) is 7.11 Å². The van der Waals surface area contributed by atoms with E-state index in [4.69, 9.17) is 4.42 Å². The number of benzene rings is 1. The monoisotopic (exact) mass is 226 g/mol. The van der Waals surface area contributed by atoms with Crippen LogP contribution in [0.3, 0.4) is 0 Å². The number of carbonyl (C=O) groups excluding carboxylic acids is 1. The highest BCUT2D eigenvalue weighted by atomic mass is 19.2. The van der Waals surface area contributed by atoms with Gasteiger partial charge in [0.15, 0.2) is 11.6 Å². The SMILES string of the molecule is COC(=O)Cc1coc2cc(F)c(F)cc12. The molecule has 1 heterocycles. The standard InChI is InChI=1S/C11H8F2O3/c1-15-11(14)2-6-5-16-10-4-9(13)8(12)3-7(6)10/h3-5H,2H2,1H3. The normalized spacial score (nSPS) is 10.7. The molecule has 0 amide bonds. The molecule has 16 heavy (non-hydrogen) atoms. The van der Waals surface area contributed by atoms with Crippen molar-refractivity contribution in [3.63, 3.8) is 0 Å². The van der Waals surface area contributed by atoms with E-state index in [-0.39, 0.29) is 12.0 Å². The van der Waals surface area contributed by atoms with Crippen molar-refractivity contribution >= 4 is 16.9 Å². The van der Waals surface area contributed by atoms with Crippen LogP contribution < -0.4 is 0 Å². The molecule has 0 N–H and O–H groups in total. The van der Waals surface area contributed by atoms with E-state index in [9.17, 15) is 13.6 Å². The quantitative estimate of drug-likeness (QED) is 0.738. The highest BCUT2D eigenvalue weighted by Gasteiger charge is 2.13. The summed E-state index contributed by atoms with van der Waals surface area (Å²) >= 11 is 0. The third-order valence-electron chi connectivity index (χ3n) is 2.26. The summed E-state index contributed by atoms with van der Waals surface area (Å²) < 4.78 is 35.3. The van der Waals surface area contributed by atoms with E-state index < -0.39 is 17.6 Å². The fourth-order valence-corrected chi connectivity index (χ4v) is 1.44. The molecule has 0 bridgehead atoms. The number of halogens is 2. The minimum Gasteiger partial charge on any atom is -0.469 e. The Kier molecular flexibility index (Phi) is 2.60. The maximum absolute atomic E-state index is 13.0. The molecule has 0 atom stereocenters. The molecule has 2 rings (SSSR count). The fraction of sp³-hybridized carbons (Fsp3) is 0.182. The van der Waals surface area contributed by atoms with Gasteiger partial charge in [0.1, 0.15) is 5.58 Å². The summed E-state index contributed by atoms with van der Waals surface area (Å²) in [6.07, 6.45) is 1.26. The molecule has 84 valence electrons. The number of hydrogen-bond donors (Lipinski definition) is 0. The van der Waals surface area contributed by atoms with Crippen molar-refractivity contribution < 1.29 is 22.7 Å². The zero-order valence-corrected chi connectivity index (χ0v) is 8.42. The Bertz CT molecular complexity index is 545. The molecule has 0 saturated carbocycles. The molecule has 0 saturated heterocycles. The third-order valence-corrected chi connectivity index (χ3v) is 2.26. The summed E-state index contributed by atoms with van der Waals surface area (Å²) in [7, 11) is 1.25. The molecular weight excluding hydrogens is 218 g/mol. The Hall–Kier alpha value is -1.91. The van der Waals surface area contributed by atoms with Crippen LogP contribution in [0.4, 0.5) is 8.78 Å². The number of furan rings is 1. The minimum absolute atomic E-state index is 0.0332. The van der Waals surface area contributed by atoms with Gasteiger partial charge in [-0.3, -0.25) is 4.79 Å². The molecule has 0 aliphatic rings. The molecule has 0 radical (unpaired) electrons. The first-order valence-corrected chi connectivity index (χ1v) is 4.53. The van der Waals surface area contributed by atoms with Crippen molar-refractivity contribution in [3.8, 4) is 0 Å². The van der Waals surface area contributed by atoms with E-state index >= 15 is 0 Å². The number of ether oxygens (including phenoxy) is 1. The Morgan fingerprint density at radius 2 is 2.06 bits per heavy atom. The number of carbonyl (C=O) groups is 1. The lowest BCUT2D eigenvalue weighted by Crippen LogP contribution is -2.03. The molecule has 1 aromatic heterocycles. The van der Waals surface area contributed by atoms with Crippen LogP contribution >= 0.6 is 0 Å². The average molecular weight is 226 g/mol. The zero-order valence-electron chi connectivity index (χ0n) is 8.42. The van der Waals surface area contributed by atoms with E-state index in [1.165, 1.54) is 13.4 Å². The summed E-state index contributed by atoms with van der Waals surface area (Å²) in [4.78, 5) is 11.0. The lowest BCUT2D eigenvalue weighted by atomic mass is 10.1. The van der Waals surface area contributed by atoms with Crippen LogP contribution in [0, 0.1) is 11.6 Å². The third kappa shape index (κ3) is 1.76. The average Bonchev–Trinajstić information content (AvgIpc) is 2.62. The highest BCUT2D eigenvalue weighted by Crippen LogP contribution is 2.24. The van der Waals surface area contributed by atoms with Crippen LogP contribution in [0.25, 0.3) is 11.0 Å². The number of esters is 1. The number of rotatable bonds is 2. The van der Waals surface area contributed by atoms with E-state index in [1.807, 2.05) is 0 Å². The van der Waals surface area contributed by atoms with Crippen LogP contribution in [-0.4, -0.2) is 13.1 Å². The van der Waals surface area contributed by atoms with E-state index in [2.05, 4.69) is 4.74 Å². The second-order valence-corrected chi connectivity index (χ2v) is 3.28. The Labute approximate surface area is 89.6 Å². The second-order valence-electron chi connectivity index (χ2n) is 3.28. The summed E-state index contributed by atoms with van der Waals surface area (Å²) in [6, 6.07) is 1.96. The number of methoxy groups -OCH3 is 1. The highest BCUT2D eigenvalue weighted by molar-refractivity contribution is 5.85. The molecule has 0 spiro atoms. The first kappa shape index (κ1) is 10.6. The van der Waals surface area contributed by atoms with Crippen molar-refractivity contribution in [2.24, 2.45) is 0 Å². The van der Waals surface area contributed by atoms with Crippen molar-refractivity contribution in [3.05, 3.63) is 35.6 Å². The zero-order chi connectivity index (χ0) is 11.7. The maximum Gasteiger partial charge on any atom is 0.310 e. The molecular formula is C11H8F2O3. The van der Waals surface area contributed by atoms with Crippen LogP contribution in [-0.2, 0) is 16.0 Å². The van der Waals surface area contributed by atoms with Crippen LogP contribution in [0.2, 0.25) is 0 Å². The lowest BCUT2D eigenvalue weighted by molar-refractivity contribution is -0.139. The van der Waals surface area contributed by atoms with Crippen molar-refractivity contribution in [1.82, 2.24) is 0 Å². The number of fused-ring (bicyclic) bond motifs is 1. The van der Waals surface area contributed by atoms with Gasteiger partial charge in [-0.1, -0.05) is 0 Å². The van der Waals surface area contributed by atoms with Gasteiger partial charge in [-0.25, -0.2) is 8.78 Å². The van der Waals surface area contributed by atoms with Gasteiger partial charge in [-0.2, -0.15) is 0 Å². The van der Waals surface area contributed by atoms with Crippen molar-refractivity contribution in [2.45, 2.75) is 6.42 Å². The van der Waals surface area contributed by atoms with Crippen LogP contribution in [0.1, 0.15) is 5.56 Å². The van der Waals surface area contributed by atoms with Gasteiger partial charge in [0.25, 0.3) is 0 Å². The first-order chi connectivity index (χ1) is 7.61. The Balaban J connectivity index is 2.48. The molecule has 2 aromatic rings. The predicted molar refractivity (Wildman–Crippen MR) is 51.9 cm³/mol. The smallest absolute Gasteiger partial charge is 0.310 e.